The summed E-state index contributed by atoms with van der Waals surface area (Å²) in [7, 11) is 0. The van der Waals surface area contributed by atoms with E-state index in [0.717, 1.165) is 0 Å². The molecule has 2 aromatic carbocycles. The van der Waals surface area contributed by atoms with Crippen LogP contribution in [0.25, 0.3) is 11.0 Å². The number of para-hydroxylation sites is 2. The Kier molecular flexibility index (Phi) is 3.95. The smallest absolute Gasteiger partial charge is 0.280 e. The van der Waals surface area contributed by atoms with Crippen molar-refractivity contribution in [1.82, 2.24) is 0 Å². The van der Waals surface area contributed by atoms with Gasteiger partial charge >= 0.3 is 0 Å². The van der Waals surface area contributed by atoms with Crippen molar-refractivity contribution in [1.29, 1.82) is 0 Å². The van der Waals surface area contributed by atoms with Gasteiger partial charge in [0.1, 0.15) is 22.5 Å². The highest BCUT2D eigenvalue weighted by Gasteiger charge is 2.26. The molecule has 0 amide bonds. The highest BCUT2D eigenvalue weighted by Crippen LogP contribution is 2.24. The van der Waals surface area contributed by atoms with Crippen LogP contribution in [0.5, 0.6) is 0 Å². The fraction of sp³-hybridized carbons (Fsp3) is 0.111. The molecule has 0 aliphatic rings. The average molecular weight is 323 g/mol. The van der Waals surface area contributed by atoms with Gasteiger partial charge in [-0.3, -0.25) is 19.7 Å². The largest absolute Gasteiger partial charge is 0.460 e. The fourth-order valence-corrected chi connectivity index (χ4v) is 2.63. The molecule has 1 aromatic heterocycles. The maximum absolute atomic E-state index is 12.9. The molecule has 0 N–H and O–H groups in total. The van der Waals surface area contributed by atoms with Crippen molar-refractivity contribution in [3.8, 4) is 0 Å². The van der Waals surface area contributed by atoms with E-state index in [1.807, 2.05) is 0 Å². The molecule has 0 atom stereocenters. The number of nitro groups is 1. The molecule has 0 unspecified atom stereocenters. The van der Waals surface area contributed by atoms with E-state index in [4.69, 9.17) is 4.42 Å². The van der Waals surface area contributed by atoms with Crippen LogP contribution in [0.4, 0.5) is 5.69 Å². The lowest BCUT2D eigenvalue weighted by molar-refractivity contribution is -0.385. The first kappa shape index (κ1) is 15.6. The first-order valence-electron chi connectivity index (χ1n) is 7.37. The molecule has 24 heavy (non-hydrogen) atoms. The van der Waals surface area contributed by atoms with Crippen LogP contribution in [0.2, 0.25) is 0 Å². The summed E-state index contributed by atoms with van der Waals surface area (Å²) < 4.78 is 5.68. The van der Waals surface area contributed by atoms with E-state index >= 15 is 0 Å². The molecule has 3 aromatic rings. The Morgan fingerprint density at radius 1 is 1.12 bits per heavy atom. The summed E-state index contributed by atoms with van der Waals surface area (Å²) >= 11 is 0. The topological polar surface area (TPSA) is 90.4 Å². The first-order chi connectivity index (χ1) is 11.5. The Labute approximate surface area is 136 Å². The number of benzene rings is 2. The quantitative estimate of drug-likeness (QED) is 0.416. The number of fused-ring (bicyclic) bond motifs is 1. The van der Waals surface area contributed by atoms with E-state index in [-0.39, 0.29) is 28.0 Å². The lowest BCUT2D eigenvalue weighted by Crippen LogP contribution is -2.20. The predicted molar refractivity (Wildman–Crippen MR) is 88.4 cm³/mol. The van der Waals surface area contributed by atoms with Crippen molar-refractivity contribution in [3.05, 3.63) is 85.8 Å². The highest BCUT2D eigenvalue weighted by atomic mass is 16.6. The molecule has 0 saturated carbocycles. The number of aryl methyl sites for hydroxylation is 1. The number of rotatable bonds is 4. The predicted octanol–water partition coefficient (Wildman–Crippen LogP) is 3.49. The van der Waals surface area contributed by atoms with E-state index in [1.165, 1.54) is 24.3 Å². The third kappa shape index (κ3) is 2.48. The molecule has 6 heteroatoms. The second kappa shape index (κ2) is 6.08. The molecular weight excluding hydrogens is 310 g/mol. The van der Waals surface area contributed by atoms with Crippen molar-refractivity contribution in [3.63, 3.8) is 0 Å². The third-order valence-corrected chi connectivity index (χ3v) is 3.76. The van der Waals surface area contributed by atoms with Crippen molar-refractivity contribution in [2.75, 3.05) is 0 Å². The Morgan fingerprint density at radius 3 is 2.50 bits per heavy atom. The van der Waals surface area contributed by atoms with E-state index in [9.17, 15) is 19.7 Å². The summed E-state index contributed by atoms with van der Waals surface area (Å²) in [6.45, 7) is 1.75. The summed E-state index contributed by atoms with van der Waals surface area (Å²) in [6.07, 6.45) is 0.321. The molecule has 0 aliphatic heterocycles. The van der Waals surface area contributed by atoms with Gasteiger partial charge in [0.2, 0.25) is 11.2 Å². The zero-order valence-electron chi connectivity index (χ0n) is 12.8. The third-order valence-electron chi connectivity index (χ3n) is 3.76. The molecule has 0 aliphatic carbocycles. The van der Waals surface area contributed by atoms with Gasteiger partial charge in [0, 0.05) is 12.5 Å². The maximum Gasteiger partial charge on any atom is 0.280 e. The standard InChI is InChI=1S/C18H13NO5/c1-2-14-16(18(21)12-8-4-6-10-15(12)24-14)17(20)11-7-3-5-9-13(11)19(22)23/h3-10H,2H2,1H3. The molecule has 120 valence electrons. The van der Waals surface area contributed by atoms with Crippen LogP contribution in [-0.2, 0) is 6.42 Å². The van der Waals surface area contributed by atoms with Crippen molar-refractivity contribution in [2.45, 2.75) is 13.3 Å². The zero-order valence-corrected chi connectivity index (χ0v) is 12.8. The van der Waals surface area contributed by atoms with Gasteiger partial charge in [0.15, 0.2) is 0 Å². The Balaban J connectivity index is 2.30. The number of hydrogen-bond acceptors (Lipinski definition) is 5. The van der Waals surface area contributed by atoms with Crippen LogP contribution < -0.4 is 5.43 Å². The number of nitrogens with zero attached hydrogens (tertiary/aromatic N) is 1. The van der Waals surface area contributed by atoms with Gasteiger partial charge in [-0.2, -0.15) is 0 Å². The second-order valence-electron chi connectivity index (χ2n) is 5.18. The van der Waals surface area contributed by atoms with Gasteiger partial charge in [-0.05, 0) is 18.2 Å². The van der Waals surface area contributed by atoms with Gasteiger partial charge in [-0.25, -0.2) is 0 Å². The van der Waals surface area contributed by atoms with Crippen LogP contribution in [0.1, 0.15) is 28.6 Å². The zero-order chi connectivity index (χ0) is 17.3. The van der Waals surface area contributed by atoms with E-state index in [0.29, 0.717) is 12.0 Å². The van der Waals surface area contributed by atoms with Crippen molar-refractivity contribution >= 4 is 22.4 Å². The summed E-state index contributed by atoms with van der Waals surface area (Å²) in [6, 6.07) is 12.2. The minimum atomic E-state index is -0.696. The molecule has 3 rings (SSSR count). The number of hydrogen-bond donors (Lipinski definition) is 0. The summed E-state index contributed by atoms with van der Waals surface area (Å²) in [5.41, 5.74) is -0.697. The summed E-state index contributed by atoms with van der Waals surface area (Å²) in [5.74, 6) is -0.472. The minimum absolute atomic E-state index is 0.125. The van der Waals surface area contributed by atoms with Crippen LogP contribution >= 0.6 is 0 Å². The van der Waals surface area contributed by atoms with Crippen LogP contribution in [0.15, 0.2) is 57.7 Å². The molecular formula is C18H13NO5. The Bertz CT molecular complexity index is 1020. The van der Waals surface area contributed by atoms with Gasteiger partial charge in [0.05, 0.1) is 10.3 Å². The van der Waals surface area contributed by atoms with Crippen molar-refractivity contribution < 1.29 is 14.1 Å². The van der Waals surface area contributed by atoms with Crippen LogP contribution in [-0.4, -0.2) is 10.7 Å². The molecule has 0 spiro atoms. The Hall–Kier alpha value is -3.28. The monoisotopic (exact) mass is 323 g/mol. The van der Waals surface area contributed by atoms with Gasteiger partial charge in [-0.1, -0.05) is 31.2 Å². The first-order valence-corrected chi connectivity index (χ1v) is 7.37. The fourth-order valence-electron chi connectivity index (χ4n) is 2.63. The minimum Gasteiger partial charge on any atom is -0.460 e. The molecule has 0 fully saturated rings. The van der Waals surface area contributed by atoms with E-state index in [2.05, 4.69) is 0 Å². The number of ketones is 1. The molecule has 0 saturated heterocycles. The van der Waals surface area contributed by atoms with E-state index in [1.54, 1.807) is 31.2 Å². The SMILES string of the molecule is CCc1oc2ccccc2c(=O)c1C(=O)c1ccccc1[N+](=O)[O-]. The van der Waals surface area contributed by atoms with Gasteiger partial charge < -0.3 is 4.42 Å². The summed E-state index contributed by atoms with van der Waals surface area (Å²) in [4.78, 5) is 36.1. The van der Waals surface area contributed by atoms with Crippen LogP contribution in [0.3, 0.4) is 0 Å². The lowest BCUT2D eigenvalue weighted by atomic mass is 9.98. The van der Waals surface area contributed by atoms with Crippen molar-refractivity contribution in [2.24, 2.45) is 0 Å². The van der Waals surface area contributed by atoms with E-state index < -0.39 is 16.1 Å². The van der Waals surface area contributed by atoms with Gasteiger partial charge in [-0.15, -0.1) is 0 Å². The highest BCUT2D eigenvalue weighted by molar-refractivity contribution is 6.13. The molecule has 0 radical (unpaired) electrons. The normalized spacial score (nSPS) is 10.7. The second-order valence-corrected chi connectivity index (χ2v) is 5.18. The number of carbonyl (C=O) groups excluding carboxylic acids is 1. The van der Waals surface area contributed by atoms with Gasteiger partial charge in [0.25, 0.3) is 5.69 Å². The maximum atomic E-state index is 12.9. The Morgan fingerprint density at radius 2 is 1.79 bits per heavy atom. The average Bonchev–Trinajstić information content (AvgIpc) is 2.61. The number of carbonyl (C=O) groups is 1. The number of nitro benzene ring substituents is 1. The lowest BCUT2D eigenvalue weighted by Gasteiger charge is -2.08. The molecule has 1 heterocycles. The molecule has 0 bridgehead atoms. The summed E-state index contributed by atoms with van der Waals surface area (Å²) in [5, 5.41) is 11.4. The van der Waals surface area contributed by atoms with Crippen LogP contribution in [0, 0.1) is 10.1 Å². The molecule has 6 nitrogen and oxygen atoms in total.